The normalized spacial score (nSPS) is 12.0. The fraction of sp³-hybridized carbons (Fsp3) is 0.0476. The van der Waals surface area contributed by atoms with Gasteiger partial charge in [0.1, 0.15) is 18.7 Å². The molecule has 0 saturated heterocycles. The van der Waals surface area contributed by atoms with Gasteiger partial charge in [-0.1, -0.05) is 84.9 Å². The van der Waals surface area contributed by atoms with Gasteiger partial charge >= 0.3 is 0 Å². The maximum Gasteiger partial charge on any atom is 0.137 e. The number of hydrogen-bond donors (Lipinski definition) is 0. The molecule has 0 amide bonds. The largest absolute Gasteiger partial charge is 0.241 e. The summed E-state index contributed by atoms with van der Waals surface area (Å²) in [6.45, 7) is 0. The van der Waals surface area contributed by atoms with Crippen LogP contribution in [0.5, 0.6) is 0 Å². The molecular weight excluding hydrogens is 294 g/mol. The van der Waals surface area contributed by atoms with Gasteiger partial charge in [0.2, 0.25) is 0 Å². The topological polar surface area (TPSA) is 30.7 Å². The second-order valence-electron chi connectivity index (χ2n) is 5.68. The van der Waals surface area contributed by atoms with Crippen LogP contribution in [-0.4, -0.2) is 14.8 Å². The molecule has 1 atom stereocenters. The molecule has 0 aliphatic rings. The minimum Gasteiger partial charge on any atom is -0.241 e. The Morgan fingerprint density at radius 1 is 0.625 bits per heavy atom. The first kappa shape index (κ1) is 14.4. The highest BCUT2D eigenvalue weighted by molar-refractivity contribution is 5.63. The summed E-state index contributed by atoms with van der Waals surface area (Å²) in [5, 5.41) is 4.36. The predicted molar refractivity (Wildman–Crippen MR) is 95.6 cm³/mol. The molecule has 1 aromatic heterocycles. The summed E-state index contributed by atoms with van der Waals surface area (Å²) in [5.41, 5.74) is 4.81. The lowest BCUT2D eigenvalue weighted by Gasteiger charge is -2.18. The summed E-state index contributed by atoms with van der Waals surface area (Å²) in [4.78, 5) is 4.11. The minimum absolute atomic E-state index is 0.0264. The van der Waals surface area contributed by atoms with E-state index in [1.807, 2.05) is 16.8 Å². The molecule has 4 aromatic rings. The van der Waals surface area contributed by atoms with Gasteiger partial charge in [-0.25, -0.2) is 9.67 Å². The Morgan fingerprint density at radius 2 is 1.21 bits per heavy atom. The maximum atomic E-state index is 4.36. The Labute approximate surface area is 141 Å². The molecule has 0 radical (unpaired) electrons. The van der Waals surface area contributed by atoms with E-state index in [0.717, 1.165) is 0 Å². The molecule has 0 saturated carbocycles. The smallest absolute Gasteiger partial charge is 0.137 e. The average Bonchev–Trinajstić information content (AvgIpc) is 3.18. The quantitative estimate of drug-likeness (QED) is 0.552. The van der Waals surface area contributed by atoms with Crippen LogP contribution in [0.1, 0.15) is 17.2 Å². The van der Waals surface area contributed by atoms with E-state index in [1.165, 1.54) is 22.3 Å². The fourth-order valence-corrected chi connectivity index (χ4v) is 2.97. The molecule has 4 rings (SSSR count). The van der Waals surface area contributed by atoms with Crippen LogP contribution in [0, 0.1) is 0 Å². The van der Waals surface area contributed by atoms with Crippen molar-refractivity contribution in [3.63, 3.8) is 0 Å². The van der Waals surface area contributed by atoms with E-state index in [1.54, 1.807) is 12.7 Å². The summed E-state index contributed by atoms with van der Waals surface area (Å²) in [7, 11) is 0. The van der Waals surface area contributed by atoms with E-state index in [9.17, 15) is 0 Å². The lowest BCUT2D eigenvalue weighted by molar-refractivity contribution is 0.594. The molecule has 24 heavy (non-hydrogen) atoms. The van der Waals surface area contributed by atoms with Crippen LogP contribution in [-0.2, 0) is 0 Å². The van der Waals surface area contributed by atoms with Crippen LogP contribution in [0.4, 0.5) is 0 Å². The highest BCUT2D eigenvalue weighted by atomic mass is 15.3. The summed E-state index contributed by atoms with van der Waals surface area (Å²) in [5.74, 6) is 0. The lowest BCUT2D eigenvalue weighted by atomic mass is 9.96. The summed E-state index contributed by atoms with van der Waals surface area (Å²) in [6, 6.07) is 29.5. The number of rotatable bonds is 4. The molecule has 1 heterocycles. The average molecular weight is 311 g/mol. The Hall–Kier alpha value is -3.20. The molecule has 0 bridgehead atoms. The minimum atomic E-state index is 0.0264. The van der Waals surface area contributed by atoms with Crippen LogP contribution in [0.3, 0.4) is 0 Å². The Balaban J connectivity index is 1.74. The Morgan fingerprint density at radius 3 is 1.83 bits per heavy atom. The first-order chi connectivity index (χ1) is 11.9. The third kappa shape index (κ3) is 2.84. The van der Waals surface area contributed by atoms with Crippen molar-refractivity contribution in [2.24, 2.45) is 0 Å². The zero-order valence-electron chi connectivity index (χ0n) is 13.2. The molecule has 0 aliphatic heterocycles. The van der Waals surface area contributed by atoms with Crippen LogP contribution >= 0.6 is 0 Å². The van der Waals surface area contributed by atoms with Crippen LogP contribution in [0.25, 0.3) is 11.1 Å². The van der Waals surface area contributed by atoms with Gasteiger partial charge in [0.25, 0.3) is 0 Å². The second-order valence-corrected chi connectivity index (χ2v) is 5.68. The van der Waals surface area contributed by atoms with Crippen molar-refractivity contribution in [3.05, 3.63) is 109 Å². The van der Waals surface area contributed by atoms with Gasteiger partial charge in [-0.15, -0.1) is 0 Å². The number of aromatic nitrogens is 3. The molecule has 0 aliphatic carbocycles. The van der Waals surface area contributed by atoms with Gasteiger partial charge in [0, 0.05) is 0 Å². The Kier molecular flexibility index (Phi) is 3.90. The number of hydrogen-bond acceptors (Lipinski definition) is 2. The van der Waals surface area contributed by atoms with Gasteiger partial charge in [-0.2, -0.15) is 5.10 Å². The predicted octanol–water partition coefficient (Wildman–Crippen LogP) is 4.58. The molecule has 0 unspecified atom stereocenters. The van der Waals surface area contributed by atoms with Gasteiger partial charge in [0.15, 0.2) is 0 Å². The van der Waals surface area contributed by atoms with E-state index in [2.05, 4.69) is 82.9 Å². The van der Waals surface area contributed by atoms with Crippen molar-refractivity contribution in [2.75, 3.05) is 0 Å². The fourth-order valence-electron chi connectivity index (χ4n) is 2.97. The highest BCUT2D eigenvalue weighted by Crippen LogP contribution is 2.28. The standard InChI is InChI=1S/C21H17N3/c1-3-7-17(8-4-1)18-11-13-20(14-12-18)21(24-16-22-15-23-24)19-9-5-2-6-10-19/h1-16,21H/t21-/m0/s1. The van der Waals surface area contributed by atoms with Crippen LogP contribution < -0.4 is 0 Å². The van der Waals surface area contributed by atoms with E-state index >= 15 is 0 Å². The van der Waals surface area contributed by atoms with Crippen LogP contribution in [0.15, 0.2) is 97.6 Å². The van der Waals surface area contributed by atoms with Gasteiger partial charge in [-0.05, 0) is 22.3 Å². The van der Waals surface area contributed by atoms with E-state index < -0.39 is 0 Å². The first-order valence-corrected chi connectivity index (χ1v) is 7.96. The molecule has 3 nitrogen and oxygen atoms in total. The van der Waals surface area contributed by atoms with Gasteiger partial charge < -0.3 is 0 Å². The zero-order chi connectivity index (χ0) is 16.2. The highest BCUT2D eigenvalue weighted by Gasteiger charge is 2.16. The molecule has 3 aromatic carbocycles. The lowest BCUT2D eigenvalue weighted by Crippen LogP contribution is -2.12. The van der Waals surface area contributed by atoms with Crippen LogP contribution in [0.2, 0.25) is 0 Å². The van der Waals surface area contributed by atoms with Crippen molar-refractivity contribution in [3.8, 4) is 11.1 Å². The maximum absolute atomic E-state index is 4.36. The van der Waals surface area contributed by atoms with Crippen molar-refractivity contribution in [1.82, 2.24) is 14.8 Å². The van der Waals surface area contributed by atoms with E-state index in [-0.39, 0.29) is 6.04 Å². The van der Waals surface area contributed by atoms with Crippen molar-refractivity contribution in [1.29, 1.82) is 0 Å². The molecule has 0 N–H and O–H groups in total. The third-order valence-corrected chi connectivity index (χ3v) is 4.15. The van der Waals surface area contributed by atoms with Crippen molar-refractivity contribution < 1.29 is 0 Å². The molecule has 0 fully saturated rings. The molecule has 3 heteroatoms. The monoisotopic (exact) mass is 311 g/mol. The van der Waals surface area contributed by atoms with Gasteiger partial charge in [0.05, 0.1) is 0 Å². The summed E-state index contributed by atoms with van der Waals surface area (Å²) >= 11 is 0. The zero-order valence-corrected chi connectivity index (χ0v) is 13.2. The van der Waals surface area contributed by atoms with Gasteiger partial charge in [-0.3, -0.25) is 0 Å². The summed E-state index contributed by atoms with van der Waals surface area (Å²) in [6.07, 6.45) is 3.34. The van der Waals surface area contributed by atoms with E-state index in [0.29, 0.717) is 0 Å². The Bertz CT molecular complexity index is 883. The van der Waals surface area contributed by atoms with Crippen molar-refractivity contribution in [2.45, 2.75) is 6.04 Å². The second kappa shape index (κ2) is 6.50. The molecule has 0 spiro atoms. The molecule has 116 valence electrons. The first-order valence-electron chi connectivity index (χ1n) is 7.96. The SMILES string of the molecule is c1ccc(-c2ccc([C@H](c3ccccc3)n3cncn3)cc2)cc1. The van der Waals surface area contributed by atoms with E-state index in [4.69, 9.17) is 0 Å². The molecular formula is C21H17N3. The number of nitrogens with zero attached hydrogens (tertiary/aromatic N) is 3. The number of benzene rings is 3. The summed E-state index contributed by atoms with van der Waals surface area (Å²) < 4.78 is 1.90. The third-order valence-electron chi connectivity index (χ3n) is 4.15. The van der Waals surface area contributed by atoms with Crippen molar-refractivity contribution >= 4 is 0 Å².